The van der Waals surface area contributed by atoms with Crippen LogP contribution in [0.25, 0.3) is 10.8 Å². The Hall–Kier alpha value is -3.14. The minimum Gasteiger partial charge on any atom is -0.462 e. The van der Waals surface area contributed by atoms with Gasteiger partial charge in [0.05, 0.1) is 29.8 Å². The van der Waals surface area contributed by atoms with Crippen molar-refractivity contribution in [2.45, 2.75) is 44.7 Å². The Morgan fingerprint density at radius 3 is 2.74 bits per heavy atom. The van der Waals surface area contributed by atoms with Crippen LogP contribution in [0.2, 0.25) is 5.02 Å². The molecule has 0 bridgehead atoms. The zero-order chi connectivity index (χ0) is 29.0. The van der Waals surface area contributed by atoms with E-state index in [0.717, 1.165) is 84.9 Å². The van der Waals surface area contributed by atoms with Crippen LogP contribution < -0.4 is 14.5 Å². The fourth-order valence-corrected chi connectivity index (χ4v) is 7.67. The number of carbonyl (C=O) groups excluding carboxylic acids is 1. The quantitative estimate of drug-likeness (QED) is 0.371. The average molecular weight is 591 g/mol. The number of fused-ring (bicyclic) bond motifs is 3. The lowest BCUT2D eigenvalue weighted by molar-refractivity contribution is -0.176. The fraction of sp³-hybridized carbons (Fsp3) is 0.531. The number of benzene rings is 2. The monoisotopic (exact) mass is 590 g/mol. The van der Waals surface area contributed by atoms with Crippen LogP contribution in [0.3, 0.4) is 0 Å². The van der Waals surface area contributed by atoms with Gasteiger partial charge in [-0.2, -0.15) is 9.97 Å². The van der Waals surface area contributed by atoms with Gasteiger partial charge in [-0.1, -0.05) is 35.9 Å². The van der Waals surface area contributed by atoms with Crippen LogP contribution in [0.1, 0.15) is 36.9 Å². The number of hydrogen-bond acceptors (Lipinski definition) is 8. The van der Waals surface area contributed by atoms with Crippen molar-refractivity contribution in [3.8, 4) is 6.01 Å². The molecule has 10 heteroatoms. The number of carbonyl (C=O) groups is 1. The zero-order valence-electron chi connectivity index (χ0n) is 24.7. The third-order valence-electron chi connectivity index (χ3n) is 10.1. The highest BCUT2D eigenvalue weighted by Gasteiger charge is 2.63. The maximum Gasteiger partial charge on any atom is 0.318 e. The van der Waals surface area contributed by atoms with Crippen LogP contribution >= 0.6 is 11.6 Å². The molecule has 4 aliphatic rings. The van der Waals surface area contributed by atoms with Crippen LogP contribution in [0, 0.1) is 11.3 Å². The van der Waals surface area contributed by atoms with E-state index in [1.54, 1.807) is 14.2 Å². The summed E-state index contributed by atoms with van der Waals surface area (Å²) in [4.78, 5) is 35.5. The van der Waals surface area contributed by atoms with Gasteiger partial charge in [-0.15, -0.1) is 0 Å². The maximum atomic E-state index is 13.1. The molecule has 3 aliphatic heterocycles. The fourth-order valence-electron chi connectivity index (χ4n) is 7.40. The number of hydroxylamine groups is 2. The van der Waals surface area contributed by atoms with Gasteiger partial charge in [-0.3, -0.25) is 9.63 Å². The number of anilines is 2. The number of halogens is 1. The van der Waals surface area contributed by atoms with E-state index in [4.69, 9.17) is 31.1 Å². The van der Waals surface area contributed by atoms with Crippen LogP contribution in [0.5, 0.6) is 6.01 Å². The molecule has 0 spiro atoms. The van der Waals surface area contributed by atoms with Crippen LogP contribution in [-0.2, 0) is 22.6 Å². The van der Waals surface area contributed by atoms with Crippen molar-refractivity contribution in [1.29, 1.82) is 0 Å². The van der Waals surface area contributed by atoms with Gasteiger partial charge in [0.25, 0.3) is 5.91 Å². The van der Waals surface area contributed by atoms with Crippen molar-refractivity contribution < 1.29 is 14.4 Å². The van der Waals surface area contributed by atoms with E-state index >= 15 is 0 Å². The Morgan fingerprint density at radius 2 is 1.98 bits per heavy atom. The highest BCUT2D eigenvalue weighted by Crippen LogP contribution is 2.59. The molecule has 1 aromatic heterocycles. The molecule has 3 aromatic rings. The standard InChI is InChI=1S/C32H39ClN6O3/c1-36-14-6-9-23(36)20-42-31-34-26-19-38(27-11-5-8-21-7-4-10-25(33)28(21)27)15-12-24(26)29(35-31)39-16-13-32(17-22(32)18-39)30(40)37(2)41-3/h4-5,7-8,10-11,22-23H,6,9,12-20H2,1-3H3. The van der Waals surface area contributed by atoms with Crippen LogP contribution in [0.15, 0.2) is 36.4 Å². The third-order valence-corrected chi connectivity index (χ3v) is 10.4. The van der Waals surface area contributed by atoms with Gasteiger partial charge in [0.15, 0.2) is 0 Å². The van der Waals surface area contributed by atoms with Crippen LogP contribution in [-0.4, -0.2) is 85.9 Å². The van der Waals surface area contributed by atoms with Crippen molar-refractivity contribution in [2.75, 3.05) is 63.8 Å². The summed E-state index contributed by atoms with van der Waals surface area (Å²) in [6, 6.07) is 13.3. The number of hydrogen-bond donors (Lipinski definition) is 0. The van der Waals surface area contributed by atoms with E-state index in [1.165, 1.54) is 17.0 Å². The summed E-state index contributed by atoms with van der Waals surface area (Å²) in [6.45, 7) is 4.77. The van der Waals surface area contributed by atoms with E-state index in [2.05, 4.69) is 46.0 Å². The molecule has 2 aromatic carbocycles. The first kappa shape index (κ1) is 27.7. The number of aromatic nitrogens is 2. The summed E-state index contributed by atoms with van der Waals surface area (Å²) >= 11 is 6.71. The highest BCUT2D eigenvalue weighted by molar-refractivity contribution is 6.36. The Bertz CT molecular complexity index is 1510. The minimum absolute atomic E-state index is 0.0912. The second-order valence-electron chi connectivity index (χ2n) is 12.4. The van der Waals surface area contributed by atoms with Crippen molar-refractivity contribution in [3.05, 3.63) is 52.7 Å². The Balaban J connectivity index is 1.19. The van der Waals surface area contributed by atoms with E-state index in [-0.39, 0.29) is 11.3 Å². The molecule has 9 nitrogen and oxygen atoms in total. The molecule has 4 heterocycles. The van der Waals surface area contributed by atoms with Gasteiger partial charge in [-0.05, 0) is 69.1 Å². The first-order valence-electron chi connectivity index (χ1n) is 15.1. The smallest absolute Gasteiger partial charge is 0.318 e. The molecule has 2 saturated heterocycles. The minimum atomic E-state index is -0.300. The van der Waals surface area contributed by atoms with E-state index in [9.17, 15) is 4.79 Å². The molecular weight excluding hydrogens is 552 g/mol. The maximum absolute atomic E-state index is 13.1. The number of ether oxygens (including phenoxy) is 1. The molecule has 42 heavy (non-hydrogen) atoms. The number of likely N-dealkylation sites (tertiary alicyclic amines) is 1. The second kappa shape index (κ2) is 10.8. The topological polar surface area (TPSA) is 74.3 Å². The molecule has 1 amide bonds. The Morgan fingerprint density at radius 1 is 1.14 bits per heavy atom. The molecule has 222 valence electrons. The molecule has 7 rings (SSSR count). The van der Waals surface area contributed by atoms with E-state index in [0.29, 0.717) is 31.1 Å². The number of nitrogens with zero attached hydrogens (tertiary/aromatic N) is 6. The molecule has 3 fully saturated rings. The van der Waals surface area contributed by atoms with Crippen molar-refractivity contribution in [1.82, 2.24) is 19.9 Å². The second-order valence-corrected chi connectivity index (χ2v) is 12.8. The molecule has 1 saturated carbocycles. The summed E-state index contributed by atoms with van der Waals surface area (Å²) in [5.41, 5.74) is 3.02. The normalized spacial score (nSPS) is 25.3. The highest BCUT2D eigenvalue weighted by atomic mass is 35.5. The van der Waals surface area contributed by atoms with Gasteiger partial charge < -0.3 is 19.4 Å². The van der Waals surface area contributed by atoms with Crippen LogP contribution in [0.4, 0.5) is 11.5 Å². The molecule has 1 aliphatic carbocycles. The van der Waals surface area contributed by atoms with Gasteiger partial charge in [0.1, 0.15) is 12.4 Å². The van der Waals surface area contributed by atoms with Crippen molar-refractivity contribution in [3.63, 3.8) is 0 Å². The zero-order valence-corrected chi connectivity index (χ0v) is 25.4. The summed E-state index contributed by atoms with van der Waals surface area (Å²) in [7, 11) is 5.42. The largest absolute Gasteiger partial charge is 0.462 e. The molecular formula is C32H39ClN6O3. The summed E-state index contributed by atoms with van der Waals surface area (Å²) in [5, 5.41) is 4.36. The van der Waals surface area contributed by atoms with Gasteiger partial charge in [0, 0.05) is 49.4 Å². The predicted molar refractivity (Wildman–Crippen MR) is 164 cm³/mol. The lowest BCUT2D eigenvalue weighted by Crippen LogP contribution is -2.43. The SMILES string of the molecule is CON(C)C(=O)C12CCN(c3nc(OCC4CCCN4C)nc4c3CCN(c3cccc5cccc(Cl)c35)C4)CC1C2. The predicted octanol–water partition coefficient (Wildman–Crippen LogP) is 4.56. The van der Waals surface area contributed by atoms with E-state index < -0.39 is 0 Å². The first-order chi connectivity index (χ1) is 20.4. The first-order valence-corrected chi connectivity index (χ1v) is 15.5. The number of amides is 1. The lowest BCUT2D eigenvalue weighted by atomic mass is 9.93. The van der Waals surface area contributed by atoms with Crippen molar-refractivity contribution >= 4 is 39.8 Å². The van der Waals surface area contributed by atoms with Gasteiger partial charge in [-0.25, -0.2) is 5.06 Å². The van der Waals surface area contributed by atoms with Gasteiger partial charge >= 0.3 is 6.01 Å². The number of piperidine rings is 1. The van der Waals surface area contributed by atoms with Gasteiger partial charge in [0.2, 0.25) is 0 Å². The summed E-state index contributed by atoms with van der Waals surface area (Å²) in [5.74, 6) is 1.36. The number of likely N-dealkylation sites (N-methyl/N-ethyl adjacent to an activating group) is 1. The van der Waals surface area contributed by atoms with E-state index in [1.807, 2.05) is 12.1 Å². The third kappa shape index (κ3) is 4.75. The summed E-state index contributed by atoms with van der Waals surface area (Å²) < 4.78 is 6.32. The summed E-state index contributed by atoms with van der Waals surface area (Å²) in [6.07, 6.45) is 4.85. The number of rotatable bonds is 7. The molecule has 3 unspecified atom stereocenters. The average Bonchev–Trinajstić information content (AvgIpc) is 3.62. The lowest BCUT2D eigenvalue weighted by Gasteiger charge is -2.37. The molecule has 0 N–H and O–H groups in total. The van der Waals surface area contributed by atoms with Crippen molar-refractivity contribution in [2.24, 2.45) is 11.3 Å². The molecule has 3 atom stereocenters. The Labute approximate surface area is 252 Å². The Kier molecular flexibility index (Phi) is 7.15. The molecule has 0 radical (unpaired) electrons.